The van der Waals surface area contributed by atoms with Crippen LogP contribution in [0.25, 0.3) is 0 Å². The van der Waals surface area contributed by atoms with Gasteiger partial charge in [-0.1, -0.05) is 0 Å². The summed E-state index contributed by atoms with van der Waals surface area (Å²) in [6.07, 6.45) is 0.615. The van der Waals surface area contributed by atoms with Crippen molar-refractivity contribution in [3.8, 4) is 0 Å². The van der Waals surface area contributed by atoms with E-state index in [2.05, 4.69) is 10.1 Å². The second-order valence-electron chi connectivity index (χ2n) is 3.32. The first-order valence-corrected chi connectivity index (χ1v) is 3.95. The Hall–Kier alpha value is -0.610. The summed E-state index contributed by atoms with van der Waals surface area (Å²) in [5.41, 5.74) is -0.677. The van der Waals surface area contributed by atoms with Gasteiger partial charge in [-0.2, -0.15) is 0 Å². The van der Waals surface area contributed by atoms with Crippen LogP contribution in [0.5, 0.6) is 0 Å². The van der Waals surface area contributed by atoms with Gasteiger partial charge in [-0.05, 0) is 26.8 Å². The van der Waals surface area contributed by atoms with E-state index in [9.17, 15) is 9.90 Å². The zero-order chi connectivity index (χ0) is 9.61. The average molecular weight is 175 g/mol. The molecule has 0 bridgehead atoms. The molecule has 0 fully saturated rings. The summed E-state index contributed by atoms with van der Waals surface area (Å²) in [7, 11) is 1.35. The molecule has 0 spiro atoms. The molecule has 0 saturated heterocycles. The molecule has 0 aliphatic rings. The third-order valence-electron chi connectivity index (χ3n) is 1.41. The van der Waals surface area contributed by atoms with E-state index >= 15 is 0 Å². The van der Waals surface area contributed by atoms with Crippen molar-refractivity contribution in [3.63, 3.8) is 0 Å². The zero-order valence-electron chi connectivity index (χ0n) is 7.89. The van der Waals surface area contributed by atoms with Crippen LogP contribution in [-0.2, 0) is 9.53 Å². The predicted molar refractivity (Wildman–Crippen MR) is 45.8 cm³/mol. The van der Waals surface area contributed by atoms with Gasteiger partial charge >= 0.3 is 5.97 Å². The number of carbonyl (C=O) groups excluding carboxylic acids is 1. The number of esters is 1. The molecular formula is C8H17NO3. The number of rotatable bonds is 5. The topological polar surface area (TPSA) is 58.6 Å². The molecule has 12 heavy (non-hydrogen) atoms. The first-order valence-electron chi connectivity index (χ1n) is 3.95. The lowest BCUT2D eigenvalue weighted by Crippen LogP contribution is -2.30. The summed E-state index contributed by atoms with van der Waals surface area (Å²) in [5, 5.41) is 12.1. The van der Waals surface area contributed by atoms with E-state index in [1.54, 1.807) is 13.8 Å². The first kappa shape index (κ1) is 11.4. The van der Waals surface area contributed by atoms with Gasteiger partial charge in [0.1, 0.15) is 0 Å². The minimum atomic E-state index is -0.677. The van der Waals surface area contributed by atoms with Crippen molar-refractivity contribution >= 4 is 5.97 Å². The zero-order valence-corrected chi connectivity index (χ0v) is 7.89. The van der Waals surface area contributed by atoms with Gasteiger partial charge in [0.25, 0.3) is 0 Å². The Morgan fingerprint density at radius 1 is 1.58 bits per heavy atom. The molecule has 4 nitrogen and oxygen atoms in total. The van der Waals surface area contributed by atoms with Gasteiger partial charge in [0.05, 0.1) is 19.3 Å². The highest BCUT2D eigenvalue weighted by Gasteiger charge is 2.11. The molecule has 0 unspecified atom stereocenters. The molecule has 72 valence electrons. The number of methoxy groups -OCH3 is 1. The fourth-order valence-electron chi connectivity index (χ4n) is 0.657. The molecule has 0 aliphatic heterocycles. The van der Waals surface area contributed by atoms with Crippen LogP contribution < -0.4 is 5.32 Å². The Balaban J connectivity index is 3.28. The number of ether oxygens (including phenoxy) is 1. The van der Waals surface area contributed by atoms with Crippen molar-refractivity contribution in [2.75, 3.05) is 20.2 Å². The molecule has 0 amide bonds. The highest BCUT2D eigenvalue weighted by Crippen LogP contribution is 2.04. The summed E-state index contributed by atoms with van der Waals surface area (Å²) >= 11 is 0. The van der Waals surface area contributed by atoms with Gasteiger partial charge < -0.3 is 15.2 Å². The Kier molecular flexibility index (Phi) is 4.85. The lowest BCUT2D eigenvalue weighted by molar-refractivity contribution is -0.139. The molecule has 0 atom stereocenters. The van der Waals surface area contributed by atoms with Gasteiger partial charge in [-0.15, -0.1) is 0 Å². The van der Waals surface area contributed by atoms with Crippen molar-refractivity contribution in [1.29, 1.82) is 0 Å². The maximum atomic E-state index is 10.6. The highest BCUT2D eigenvalue weighted by molar-refractivity contribution is 5.71. The lowest BCUT2D eigenvalue weighted by atomic mass is 10.1. The van der Waals surface area contributed by atoms with E-state index in [0.717, 1.165) is 0 Å². The normalized spacial score (nSPS) is 11.3. The van der Waals surface area contributed by atoms with Crippen molar-refractivity contribution in [1.82, 2.24) is 5.32 Å². The standard InChI is InChI=1S/C8H17NO3/c1-8(2,11)4-5-9-6-7(10)12-3/h9,11H,4-6H2,1-3H3. The Labute approximate surface area is 72.9 Å². The van der Waals surface area contributed by atoms with E-state index in [1.165, 1.54) is 7.11 Å². The maximum Gasteiger partial charge on any atom is 0.319 e. The highest BCUT2D eigenvalue weighted by atomic mass is 16.5. The van der Waals surface area contributed by atoms with Crippen molar-refractivity contribution in [2.24, 2.45) is 0 Å². The number of hydrogen-bond acceptors (Lipinski definition) is 4. The van der Waals surface area contributed by atoms with Crippen LogP contribution in [0.1, 0.15) is 20.3 Å². The third-order valence-corrected chi connectivity index (χ3v) is 1.41. The Morgan fingerprint density at radius 2 is 2.17 bits per heavy atom. The molecule has 0 aliphatic carbocycles. The quantitative estimate of drug-likeness (QED) is 0.453. The van der Waals surface area contributed by atoms with E-state index in [1.807, 2.05) is 0 Å². The Bertz CT molecular complexity index is 140. The number of hydrogen-bond donors (Lipinski definition) is 2. The largest absolute Gasteiger partial charge is 0.468 e. The summed E-state index contributed by atoms with van der Waals surface area (Å²) in [6, 6.07) is 0. The summed E-state index contributed by atoms with van der Waals surface area (Å²) < 4.78 is 4.42. The minimum Gasteiger partial charge on any atom is -0.468 e. The van der Waals surface area contributed by atoms with E-state index in [4.69, 9.17) is 0 Å². The van der Waals surface area contributed by atoms with Gasteiger partial charge in [0, 0.05) is 0 Å². The van der Waals surface area contributed by atoms with Crippen LogP contribution in [0.2, 0.25) is 0 Å². The summed E-state index contributed by atoms with van der Waals surface area (Å²) in [4.78, 5) is 10.6. The van der Waals surface area contributed by atoms with E-state index in [-0.39, 0.29) is 12.5 Å². The lowest BCUT2D eigenvalue weighted by Gasteiger charge is -2.16. The van der Waals surface area contributed by atoms with E-state index in [0.29, 0.717) is 13.0 Å². The van der Waals surface area contributed by atoms with Crippen LogP contribution >= 0.6 is 0 Å². The second kappa shape index (κ2) is 5.11. The number of carbonyl (C=O) groups is 1. The van der Waals surface area contributed by atoms with Crippen molar-refractivity contribution < 1.29 is 14.6 Å². The van der Waals surface area contributed by atoms with Gasteiger partial charge in [-0.25, -0.2) is 0 Å². The van der Waals surface area contributed by atoms with Crippen molar-refractivity contribution in [3.05, 3.63) is 0 Å². The van der Waals surface area contributed by atoms with Gasteiger partial charge in [0.2, 0.25) is 0 Å². The summed E-state index contributed by atoms with van der Waals surface area (Å²) in [6.45, 7) is 4.27. The van der Waals surface area contributed by atoms with Crippen LogP contribution in [0.15, 0.2) is 0 Å². The maximum absolute atomic E-state index is 10.6. The van der Waals surface area contributed by atoms with Crippen LogP contribution in [0.3, 0.4) is 0 Å². The second-order valence-corrected chi connectivity index (χ2v) is 3.32. The van der Waals surface area contributed by atoms with Crippen molar-refractivity contribution in [2.45, 2.75) is 25.9 Å². The molecule has 0 rings (SSSR count). The fourth-order valence-corrected chi connectivity index (χ4v) is 0.657. The van der Waals surface area contributed by atoms with E-state index < -0.39 is 5.60 Å². The molecule has 0 aromatic rings. The summed E-state index contributed by atoms with van der Waals surface area (Å²) in [5.74, 6) is -0.286. The van der Waals surface area contributed by atoms with Gasteiger partial charge in [-0.3, -0.25) is 4.79 Å². The first-order chi connectivity index (χ1) is 5.45. The average Bonchev–Trinajstić information content (AvgIpc) is 1.96. The van der Waals surface area contributed by atoms with Crippen LogP contribution in [-0.4, -0.2) is 36.9 Å². The molecule has 0 saturated carbocycles. The van der Waals surface area contributed by atoms with Crippen LogP contribution in [0.4, 0.5) is 0 Å². The molecular weight excluding hydrogens is 158 g/mol. The third kappa shape index (κ3) is 7.50. The fraction of sp³-hybridized carbons (Fsp3) is 0.875. The number of nitrogens with one attached hydrogen (secondary N) is 1. The van der Waals surface area contributed by atoms with Crippen LogP contribution in [0, 0.1) is 0 Å². The monoisotopic (exact) mass is 175 g/mol. The SMILES string of the molecule is COC(=O)CNCCC(C)(C)O. The Morgan fingerprint density at radius 3 is 2.58 bits per heavy atom. The molecule has 0 heterocycles. The smallest absolute Gasteiger partial charge is 0.319 e. The van der Waals surface area contributed by atoms with Gasteiger partial charge in [0.15, 0.2) is 0 Å². The molecule has 0 aromatic carbocycles. The molecule has 2 N–H and O–H groups in total. The number of aliphatic hydroxyl groups is 1. The molecule has 0 radical (unpaired) electrons. The molecule has 4 heteroatoms. The predicted octanol–water partition coefficient (Wildman–Crippen LogP) is -0.0900. The minimum absolute atomic E-state index is 0.201. The molecule has 0 aromatic heterocycles.